The number of nitrogens with one attached hydrogen (secondary N) is 1. The second-order valence-corrected chi connectivity index (χ2v) is 9.49. The van der Waals surface area contributed by atoms with E-state index < -0.39 is 16.1 Å². The first-order valence-electron chi connectivity index (χ1n) is 9.13. The maximum atomic E-state index is 12.7. The van der Waals surface area contributed by atoms with E-state index >= 15 is 0 Å². The van der Waals surface area contributed by atoms with Crippen molar-refractivity contribution in [3.05, 3.63) is 39.9 Å². The van der Waals surface area contributed by atoms with E-state index in [4.69, 9.17) is 23.2 Å². The van der Waals surface area contributed by atoms with Gasteiger partial charge in [-0.05, 0) is 56.7 Å². The highest BCUT2D eigenvalue weighted by atomic mass is 35.5. The summed E-state index contributed by atoms with van der Waals surface area (Å²) in [5, 5.41) is 3.50. The van der Waals surface area contributed by atoms with Gasteiger partial charge in [0.25, 0.3) is 0 Å². The number of carbonyl (C=O) groups excluding carboxylic acids is 1. The number of halogens is 2. The lowest BCUT2D eigenvalue weighted by Gasteiger charge is -2.30. The van der Waals surface area contributed by atoms with Crippen LogP contribution in [0, 0.1) is 0 Å². The van der Waals surface area contributed by atoms with Gasteiger partial charge in [-0.1, -0.05) is 41.8 Å². The standard InChI is InChI=1S/C19H26Cl2N2O3S/c1-3-18(19(24)22-10-9-14-7-5-4-6-8-14)23(27(2,25)26)17-12-15(20)11-16(21)13-17/h7,11-13,18H,3-6,8-10H2,1-2H3,(H,22,24). The van der Waals surface area contributed by atoms with Crippen LogP contribution in [-0.4, -0.2) is 33.2 Å². The molecule has 1 aromatic carbocycles. The van der Waals surface area contributed by atoms with E-state index in [-0.39, 0.29) is 11.6 Å². The Morgan fingerprint density at radius 1 is 1.22 bits per heavy atom. The molecule has 0 radical (unpaired) electrons. The summed E-state index contributed by atoms with van der Waals surface area (Å²) in [4.78, 5) is 12.7. The molecule has 0 saturated carbocycles. The van der Waals surface area contributed by atoms with E-state index in [0.717, 1.165) is 29.8 Å². The highest BCUT2D eigenvalue weighted by molar-refractivity contribution is 7.92. The third-order valence-corrected chi connectivity index (χ3v) is 6.18. The summed E-state index contributed by atoms with van der Waals surface area (Å²) in [6.45, 7) is 2.27. The number of allylic oxidation sites excluding steroid dienone is 1. The molecule has 0 spiro atoms. The molecule has 0 heterocycles. The fourth-order valence-corrected chi connectivity index (χ4v) is 5.03. The van der Waals surface area contributed by atoms with Gasteiger partial charge in [0.15, 0.2) is 0 Å². The summed E-state index contributed by atoms with van der Waals surface area (Å²) in [7, 11) is -3.71. The highest BCUT2D eigenvalue weighted by Crippen LogP contribution is 2.29. The lowest BCUT2D eigenvalue weighted by molar-refractivity contribution is -0.122. The van der Waals surface area contributed by atoms with E-state index in [1.807, 2.05) is 0 Å². The van der Waals surface area contributed by atoms with Crippen LogP contribution in [-0.2, 0) is 14.8 Å². The number of sulfonamides is 1. The summed E-state index contributed by atoms with van der Waals surface area (Å²) in [6, 6.07) is 3.65. The van der Waals surface area contributed by atoms with Gasteiger partial charge in [-0.3, -0.25) is 9.10 Å². The van der Waals surface area contributed by atoms with Crippen LogP contribution < -0.4 is 9.62 Å². The Bertz CT molecular complexity index is 789. The van der Waals surface area contributed by atoms with Crippen molar-refractivity contribution in [2.75, 3.05) is 17.1 Å². The van der Waals surface area contributed by atoms with Crippen LogP contribution in [0.5, 0.6) is 0 Å². The Labute approximate surface area is 171 Å². The Morgan fingerprint density at radius 2 is 1.89 bits per heavy atom. The number of amides is 1. The number of hydrogen-bond donors (Lipinski definition) is 1. The Hall–Kier alpha value is -1.24. The molecule has 2 rings (SSSR count). The lowest BCUT2D eigenvalue weighted by Crippen LogP contribution is -2.49. The van der Waals surface area contributed by atoms with Gasteiger partial charge in [-0.15, -0.1) is 0 Å². The highest BCUT2D eigenvalue weighted by Gasteiger charge is 2.31. The Kier molecular flexibility index (Phi) is 8.01. The fourth-order valence-electron chi connectivity index (χ4n) is 3.32. The minimum Gasteiger partial charge on any atom is -0.354 e. The molecular weight excluding hydrogens is 407 g/mol. The molecule has 0 aliphatic heterocycles. The predicted octanol–water partition coefficient (Wildman–Crippen LogP) is 4.54. The number of rotatable bonds is 8. The third-order valence-electron chi connectivity index (χ3n) is 4.56. The average molecular weight is 433 g/mol. The lowest BCUT2D eigenvalue weighted by atomic mass is 9.97. The van der Waals surface area contributed by atoms with E-state index in [1.54, 1.807) is 6.92 Å². The van der Waals surface area contributed by atoms with Crippen LogP contribution in [0.15, 0.2) is 29.8 Å². The smallest absolute Gasteiger partial charge is 0.243 e. The molecule has 1 atom stereocenters. The fraction of sp³-hybridized carbons (Fsp3) is 0.526. The van der Waals surface area contributed by atoms with Gasteiger partial charge in [-0.2, -0.15) is 0 Å². The topological polar surface area (TPSA) is 66.5 Å². The molecule has 1 aliphatic rings. The van der Waals surface area contributed by atoms with E-state index in [0.29, 0.717) is 23.0 Å². The van der Waals surface area contributed by atoms with Crippen molar-refractivity contribution in [3.8, 4) is 0 Å². The van der Waals surface area contributed by atoms with Gasteiger partial charge in [0.2, 0.25) is 15.9 Å². The molecule has 150 valence electrons. The predicted molar refractivity (Wildman–Crippen MR) is 112 cm³/mol. The number of anilines is 1. The van der Waals surface area contributed by atoms with E-state index in [1.165, 1.54) is 36.6 Å². The summed E-state index contributed by atoms with van der Waals surface area (Å²) in [6.07, 6.45) is 9.01. The first-order valence-corrected chi connectivity index (χ1v) is 11.7. The summed E-state index contributed by atoms with van der Waals surface area (Å²) >= 11 is 12.1. The van der Waals surface area contributed by atoms with Gasteiger partial charge in [0.1, 0.15) is 6.04 Å². The molecule has 8 heteroatoms. The molecule has 1 amide bonds. The zero-order valence-corrected chi connectivity index (χ0v) is 18.0. The van der Waals surface area contributed by atoms with Crippen LogP contribution in [0.1, 0.15) is 45.4 Å². The molecule has 0 aromatic heterocycles. The van der Waals surface area contributed by atoms with Crippen LogP contribution in [0.25, 0.3) is 0 Å². The van der Waals surface area contributed by atoms with Gasteiger partial charge in [-0.25, -0.2) is 8.42 Å². The van der Waals surface area contributed by atoms with E-state index in [9.17, 15) is 13.2 Å². The van der Waals surface area contributed by atoms with Crippen molar-refractivity contribution in [1.82, 2.24) is 5.32 Å². The number of nitrogens with zero attached hydrogens (tertiary/aromatic N) is 1. The molecule has 5 nitrogen and oxygen atoms in total. The van der Waals surface area contributed by atoms with Gasteiger partial charge in [0.05, 0.1) is 11.9 Å². The first-order chi connectivity index (χ1) is 12.7. The molecule has 1 aromatic rings. The molecule has 0 fully saturated rings. The summed E-state index contributed by atoms with van der Waals surface area (Å²) in [5.41, 5.74) is 1.64. The second-order valence-electron chi connectivity index (χ2n) is 6.76. The first kappa shape index (κ1) is 22.1. The van der Waals surface area contributed by atoms with Crippen molar-refractivity contribution >= 4 is 44.8 Å². The van der Waals surface area contributed by atoms with Crippen molar-refractivity contribution in [1.29, 1.82) is 0 Å². The van der Waals surface area contributed by atoms with Crippen molar-refractivity contribution < 1.29 is 13.2 Å². The molecule has 1 unspecified atom stereocenters. The largest absolute Gasteiger partial charge is 0.354 e. The van der Waals surface area contributed by atoms with Crippen molar-refractivity contribution in [2.45, 2.75) is 51.5 Å². The molecule has 1 N–H and O–H groups in total. The normalized spacial score (nSPS) is 15.8. The van der Waals surface area contributed by atoms with Gasteiger partial charge >= 0.3 is 0 Å². The number of hydrogen-bond acceptors (Lipinski definition) is 3. The summed E-state index contributed by atoms with van der Waals surface area (Å²) < 4.78 is 26.0. The van der Waals surface area contributed by atoms with Crippen LogP contribution in [0.2, 0.25) is 10.0 Å². The third kappa shape index (κ3) is 6.40. The maximum absolute atomic E-state index is 12.7. The van der Waals surface area contributed by atoms with Crippen LogP contribution in [0.4, 0.5) is 5.69 Å². The zero-order chi connectivity index (χ0) is 20.0. The number of carbonyl (C=O) groups is 1. The quantitative estimate of drug-likeness (QED) is 0.612. The van der Waals surface area contributed by atoms with Crippen molar-refractivity contribution in [3.63, 3.8) is 0 Å². The molecule has 1 aliphatic carbocycles. The Balaban J connectivity index is 2.16. The Morgan fingerprint density at radius 3 is 2.41 bits per heavy atom. The molecular formula is C19H26Cl2N2O3S. The van der Waals surface area contributed by atoms with E-state index in [2.05, 4.69) is 11.4 Å². The molecule has 0 bridgehead atoms. The number of benzene rings is 1. The minimum atomic E-state index is -3.71. The second kappa shape index (κ2) is 9.80. The molecule has 27 heavy (non-hydrogen) atoms. The monoisotopic (exact) mass is 432 g/mol. The molecule has 0 saturated heterocycles. The average Bonchev–Trinajstić information content (AvgIpc) is 2.58. The van der Waals surface area contributed by atoms with Crippen LogP contribution >= 0.6 is 23.2 Å². The van der Waals surface area contributed by atoms with Crippen molar-refractivity contribution in [2.24, 2.45) is 0 Å². The van der Waals surface area contributed by atoms with Gasteiger partial charge in [0, 0.05) is 16.6 Å². The minimum absolute atomic E-state index is 0.284. The SMILES string of the molecule is CCC(C(=O)NCCC1=CCCCC1)N(c1cc(Cl)cc(Cl)c1)S(C)(=O)=O. The zero-order valence-electron chi connectivity index (χ0n) is 15.7. The van der Waals surface area contributed by atoms with Gasteiger partial charge < -0.3 is 5.32 Å². The van der Waals surface area contributed by atoms with Crippen LogP contribution in [0.3, 0.4) is 0 Å². The maximum Gasteiger partial charge on any atom is 0.243 e. The summed E-state index contributed by atoms with van der Waals surface area (Å²) in [5.74, 6) is -0.324.